The number of aromatic amines is 2. The predicted octanol–water partition coefficient (Wildman–Crippen LogP) is -1.82. The fourth-order valence-electron chi connectivity index (χ4n) is 9.80. The number of carbonyl (C=O) groups excluding carboxylic acids is 10. The van der Waals surface area contributed by atoms with E-state index in [1.807, 2.05) is 0 Å². The number of para-hydroxylation sites is 1. The van der Waals surface area contributed by atoms with Crippen LogP contribution < -0.4 is 70.8 Å². The van der Waals surface area contributed by atoms with Gasteiger partial charge in [-0.25, -0.2) is 4.98 Å². The van der Waals surface area contributed by atoms with E-state index in [1.165, 1.54) is 31.6 Å². The van der Waals surface area contributed by atoms with Gasteiger partial charge in [0.25, 0.3) is 0 Å². The number of aromatic hydroxyl groups is 1. The molecule has 21 N–H and O–H groups in total. The molecule has 0 unspecified atom stereocenters. The summed E-state index contributed by atoms with van der Waals surface area (Å²) in [6.07, 6.45) is 3.00. The van der Waals surface area contributed by atoms with Gasteiger partial charge >= 0.3 is 5.97 Å². The van der Waals surface area contributed by atoms with Crippen molar-refractivity contribution in [2.75, 3.05) is 24.6 Å². The molecule has 3 heterocycles. The summed E-state index contributed by atoms with van der Waals surface area (Å²) in [5, 5.41) is 44.4. The number of H-pyrrole nitrogens is 2. The maximum Gasteiger partial charge on any atom is 0.303 e. The Morgan fingerprint density at radius 1 is 0.652 bits per heavy atom. The van der Waals surface area contributed by atoms with E-state index in [0.717, 1.165) is 21.6 Å². The number of unbranched alkanes of at least 4 members (excludes halogenated alkanes) is 1. The molecular formula is C60H79N17O13S2. The number of phenols is 1. The molecule has 0 bridgehead atoms. The number of aliphatic carboxylic acids is 1. The third-order valence-electron chi connectivity index (χ3n) is 14.6. The van der Waals surface area contributed by atoms with Gasteiger partial charge in [-0.05, 0) is 80.0 Å². The standard InChI is InChI=1S/C60H79N17O13S2/c1-33(78)69-44(25-35-16-18-38(79)19-17-35)55(86)70-41(14-7-8-22-61)53(84)77-49-31-92-91-30-48(51(62)82)76-57(88)46(26-36-28-67-40-13-6-5-12-39(36)40)74-52(83)42(15-9-23-66-60(63)64)71-56(87)45(24-34-10-3-2-4-11-34)73-58(89)47(27-37-29-65-32-68-37)75-54(85)43(72-59(49)90)20-21-50(80)81/h2-6,10-13,16-19,28-29,32,41-49,67,79H,7-9,14-15,20-27,30-31,61H2,1H3,(H2,62,82)(H,65,68)(H,69,78)(H,70,86)(H,71,87)(H,72,90)(H,73,89)(H,74,83)(H,75,85)(H,76,88)(H,77,84)(H,80,81)(H4,63,64,66)/t41-,42-,43+,44-,45-,46+,47-,48+,49+/m0/s1. The number of aromatic nitrogens is 3. The van der Waals surface area contributed by atoms with Crippen molar-refractivity contribution in [2.24, 2.45) is 27.9 Å². The highest BCUT2D eigenvalue weighted by Crippen LogP contribution is 2.25. The van der Waals surface area contributed by atoms with Gasteiger partial charge in [0.1, 0.15) is 60.1 Å². The Morgan fingerprint density at radius 2 is 1.26 bits per heavy atom. The van der Waals surface area contributed by atoms with E-state index in [0.29, 0.717) is 39.7 Å². The lowest BCUT2D eigenvalue weighted by Crippen LogP contribution is -2.61. The van der Waals surface area contributed by atoms with Crippen LogP contribution in [0.1, 0.15) is 74.3 Å². The number of carbonyl (C=O) groups is 11. The van der Waals surface area contributed by atoms with Crippen LogP contribution in [0.3, 0.4) is 0 Å². The molecule has 0 spiro atoms. The van der Waals surface area contributed by atoms with Crippen LogP contribution in [0.15, 0.2) is 103 Å². The highest BCUT2D eigenvalue weighted by Gasteiger charge is 2.37. The van der Waals surface area contributed by atoms with Crippen molar-refractivity contribution in [3.05, 3.63) is 120 Å². The fourth-order valence-corrected chi connectivity index (χ4v) is 12.1. The average molecular weight is 1310 g/mol. The lowest BCUT2D eigenvalue weighted by atomic mass is 10.0. The molecule has 32 heteroatoms. The van der Waals surface area contributed by atoms with E-state index in [2.05, 4.69) is 67.8 Å². The maximum absolute atomic E-state index is 14.8. The smallest absolute Gasteiger partial charge is 0.303 e. The second-order valence-corrected chi connectivity index (χ2v) is 24.3. The summed E-state index contributed by atoms with van der Waals surface area (Å²) in [5.74, 6) is -11.3. The molecule has 3 aromatic carbocycles. The van der Waals surface area contributed by atoms with Crippen LogP contribution in [-0.2, 0) is 78.4 Å². The van der Waals surface area contributed by atoms with Crippen molar-refractivity contribution in [3.63, 3.8) is 0 Å². The zero-order valence-corrected chi connectivity index (χ0v) is 52.1. The first-order valence-corrected chi connectivity index (χ1v) is 32.1. The zero-order chi connectivity index (χ0) is 66.7. The number of nitrogens with zero attached hydrogens (tertiary/aromatic N) is 2. The molecule has 494 valence electrons. The Bertz CT molecular complexity index is 3370. The number of nitrogens with one attached hydrogen (secondary N) is 11. The van der Waals surface area contributed by atoms with Crippen molar-refractivity contribution >= 4 is 103 Å². The number of guanidine groups is 1. The molecule has 10 amide bonds. The molecule has 0 aliphatic carbocycles. The number of hydrogen-bond acceptors (Lipinski definition) is 17. The van der Waals surface area contributed by atoms with Gasteiger partial charge in [-0.1, -0.05) is 82.3 Å². The molecule has 5 aromatic rings. The molecule has 1 fully saturated rings. The van der Waals surface area contributed by atoms with Gasteiger partial charge in [0.15, 0.2) is 5.96 Å². The van der Waals surface area contributed by atoms with E-state index in [-0.39, 0.29) is 87.7 Å². The first-order chi connectivity index (χ1) is 44.1. The number of carboxylic acids is 1. The maximum atomic E-state index is 14.8. The van der Waals surface area contributed by atoms with Crippen molar-refractivity contribution in [1.29, 1.82) is 0 Å². The number of fused-ring (bicyclic) bond motifs is 1. The number of imidazole rings is 1. The van der Waals surface area contributed by atoms with Crippen LogP contribution >= 0.6 is 21.6 Å². The molecule has 9 atom stereocenters. The number of benzene rings is 3. The van der Waals surface area contributed by atoms with E-state index < -0.39 is 132 Å². The summed E-state index contributed by atoms with van der Waals surface area (Å²) in [7, 11) is 1.83. The van der Waals surface area contributed by atoms with Gasteiger partial charge < -0.3 is 91.0 Å². The minimum atomic E-state index is -1.74. The third kappa shape index (κ3) is 23.3. The number of amides is 10. The number of carboxylic acid groups (broad SMARTS) is 1. The normalized spacial score (nSPS) is 20.5. The Balaban J connectivity index is 1.41. The van der Waals surface area contributed by atoms with Gasteiger partial charge in [0, 0.05) is 86.1 Å². The number of phenolic OH excluding ortho intramolecular Hbond substituents is 1. The monoisotopic (exact) mass is 1310 g/mol. The fraction of sp³-hybridized carbons (Fsp3) is 0.417. The molecule has 30 nitrogen and oxygen atoms in total. The summed E-state index contributed by atoms with van der Waals surface area (Å²) in [4.78, 5) is 169. The Kier molecular flexibility index (Phi) is 28.1. The minimum absolute atomic E-state index is 0.0106. The molecule has 92 heavy (non-hydrogen) atoms. The molecule has 0 saturated carbocycles. The first kappa shape index (κ1) is 71.4. The SMILES string of the molecule is CC(=O)N[C@@H](Cc1ccc(O)cc1)C(=O)N[C@@H](CCCCN)C(=O)N[C@@H]1CSSC[C@H](C(N)=O)NC(=O)[C@@H](Cc2c[nH]c3ccccc23)NC(=O)[C@H](CCCN=C(N)N)NC(=O)[C@H](Cc2ccccc2)NC(=O)[C@H](Cc2cnc[nH]2)NC(=O)[C@@H](CCC(=O)O)NC1=O. The number of nitrogens with two attached hydrogens (primary N) is 4. The van der Waals surface area contributed by atoms with Crippen LogP contribution in [0.4, 0.5) is 0 Å². The number of rotatable bonds is 25. The molecule has 1 aliphatic heterocycles. The summed E-state index contributed by atoms with van der Waals surface area (Å²) >= 11 is 0. The van der Waals surface area contributed by atoms with Crippen LogP contribution in [0.25, 0.3) is 10.9 Å². The highest BCUT2D eigenvalue weighted by molar-refractivity contribution is 8.76. The second kappa shape index (κ2) is 36.2. The first-order valence-electron chi connectivity index (χ1n) is 29.6. The minimum Gasteiger partial charge on any atom is -0.508 e. The predicted molar refractivity (Wildman–Crippen MR) is 343 cm³/mol. The largest absolute Gasteiger partial charge is 0.508 e. The van der Waals surface area contributed by atoms with Gasteiger partial charge in [0.05, 0.1) is 6.33 Å². The summed E-state index contributed by atoms with van der Waals surface area (Å²) in [6.45, 7) is 1.42. The molecule has 2 aromatic heterocycles. The lowest BCUT2D eigenvalue weighted by molar-refractivity contribution is -0.138. The van der Waals surface area contributed by atoms with E-state index >= 15 is 0 Å². The van der Waals surface area contributed by atoms with Crippen LogP contribution in [0.5, 0.6) is 5.75 Å². The number of primary amides is 1. The Labute approximate surface area is 537 Å². The van der Waals surface area contributed by atoms with Crippen LogP contribution in [0, 0.1) is 0 Å². The van der Waals surface area contributed by atoms with Crippen LogP contribution in [0.2, 0.25) is 0 Å². The molecule has 6 rings (SSSR count). The summed E-state index contributed by atoms with van der Waals surface area (Å²) in [5.41, 5.74) is 25.6. The van der Waals surface area contributed by atoms with Crippen molar-refractivity contribution in [1.82, 2.24) is 62.8 Å². The van der Waals surface area contributed by atoms with Gasteiger partial charge in [-0.2, -0.15) is 0 Å². The molecular weight excluding hydrogens is 1230 g/mol. The zero-order valence-electron chi connectivity index (χ0n) is 50.4. The van der Waals surface area contributed by atoms with E-state index in [9.17, 15) is 63.0 Å². The molecule has 1 aliphatic rings. The van der Waals surface area contributed by atoms with Gasteiger partial charge in [-0.15, -0.1) is 0 Å². The lowest BCUT2D eigenvalue weighted by Gasteiger charge is -2.28. The van der Waals surface area contributed by atoms with Crippen LogP contribution in [-0.4, -0.2) is 175 Å². The number of aliphatic imine (C=N–C) groups is 1. The third-order valence-corrected chi connectivity index (χ3v) is 17.0. The van der Waals surface area contributed by atoms with E-state index in [4.69, 9.17) is 22.9 Å². The van der Waals surface area contributed by atoms with Crippen molar-refractivity contribution in [2.45, 2.75) is 132 Å². The quantitative estimate of drug-likeness (QED) is 0.0132. The average Bonchev–Trinajstić information content (AvgIpc) is 1.66. The molecule has 0 radical (unpaired) electrons. The summed E-state index contributed by atoms with van der Waals surface area (Å²) in [6, 6.07) is 8.13. The topological polar surface area (TPSA) is 497 Å². The van der Waals surface area contributed by atoms with Crippen molar-refractivity contribution in [3.8, 4) is 5.75 Å². The van der Waals surface area contributed by atoms with Gasteiger partial charge in [0.2, 0.25) is 59.1 Å². The van der Waals surface area contributed by atoms with E-state index in [1.54, 1.807) is 72.9 Å². The van der Waals surface area contributed by atoms with Crippen molar-refractivity contribution < 1.29 is 63.0 Å². The number of hydrogen-bond donors (Lipinski definition) is 17. The van der Waals surface area contributed by atoms with Gasteiger partial charge in [-0.3, -0.25) is 57.7 Å². The summed E-state index contributed by atoms with van der Waals surface area (Å²) < 4.78 is 0. The second-order valence-electron chi connectivity index (χ2n) is 21.8. The highest BCUT2D eigenvalue weighted by atomic mass is 33.1. The Hall–Kier alpha value is -9.69. The Morgan fingerprint density at radius 3 is 1.90 bits per heavy atom. The molecule has 1 saturated heterocycles.